The second-order valence-electron chi connectivity index (χ2n) is 5.67. The second kappa shape index (κ2) is 7.01. The van der Waals surface area contributed by atoms with Gasteiger partial charge in [0, 0.05) is 6.20 Å². The number of hydrogen-bond donors (Lipinski definition) is 2. The molecule has 0 bridgehead atoms. The fraction of sp³-hybridized carbons (Fsp3) is 0.235. The molecule has 1 aliphatic heterocycles. The number of carbonyl (C=O) groups excluding carboxylic acids is 2. The Morgan fingerprint density at radius 1 is 1.48 bits per heavy atom. The van der Waals surface area contributed by atoms with Crippen LogP contribution in [0.3, 0.4) is 0 Å². The standard InChI is InChI=1S/C17H15BrClN3O3/c1-8(10-3-4-13-12(5-10)22-14(23)7-25-13)21-17(24)11-6-20-9(2)15(18)16(11)19/h3-6,8H,7H2,1-2H3,(H,21,24)(H,22,23)/t8-/m1/s1. The van der Waals surface area contributed by atoms with Gasteiger partial charge in [-0.2, -0.15) is 0 Å². The van der Waals surface area contributed by atoms with Crippen molar-refractivity contribution in [2.24, 2.45) is 0 Å². The van der Waals surface area contributed by atoms with Gasteiger partial charge in [0.15, 0.2) is 6.61 Å². The average molecular weight is 425 g/mol. The van der Waals surface area contributed by atoms with Gasteiger partial charge in [0.1, 0.15) is 5.75 Å². The second-order valence-corrected chi connectivity index (χ2v) is 6.84. The summed E-state index contributed by atoms with van der Waals surface area (Å²) in [5.74, 6) is 0.0731. The number of amides is 2. The third-order valence-corrected chi connectivity index (χ3v) is 5.45. The summed E-state index contributed by atoms with van der Waals surface area (Å²) in [5, 5.41) is 5.95. The number of benzene rings is 1. The molecule has 2 amide bonds. The van der Waals surface area contributed by atoms with Gasteiger partial charge in [-0.15, -0.1) is 0 Å². The summed E-state index contributed by atoms with van der Waals surface area (Å²) >= 11 is 9.55. The number of nitrogens with one attached hydrogen (secondary N) is 2. The summed E-state index contributed by atoms with van der Waals surface area (Å²) in [4.78, 5) is 28.1. The minimum absolute atomic E-state index is 0.00639. The van der Waals surface area contributed by atoms with Crippen molar-refractivity contribution in [1.29, 1.82) is 0 Å². The fourth-order valence-corrected chi connectivity index (χ4v) is 3.03. The minimum Gasteiger partial charge on any atom is -0.482 e. The van der Waals surface area contributed by atoms with E-state index in [0.717, 1.165) is 5.56 Å². The molecule has 2 heterocycles. The topological polar surface area (TPSA) is 80.3 Å². The van der Waals surface area contributed by atoms with Crippen LogP contribution in [0, 0.1) is 6.92 Å². The molecule has 1 atom stereocenters. The number of aryl methyl sites for hydroxylation is 1. The molecule has 0 fully saturated rings. The molecule has 0 radical (unpaired) electrons. The van der Waals surface area contributed by atoms with Gasteiger partial charge >= 0.3 is 0 Å². The molecule has 6 nitrogen and oxygen atoms in total. The number of fused-ring (bicyclic) bond motifs is 1. The predicted molar refractivity (Wildman–Crippen MR) is 98.1 cm³/mol. The van der Waals surface area contributed by atoms with Crippen molar-refractivity contribution in [1.82, 2.24) is 10.3 Å². The molecular weight excluding hydrogens is 410 g/mol. The van der Waals surface area contributed by atoms with Crippen LogP contribution in [0.4, 0.5) is 5.69 Å². The summed E-state index contributed by atoms with van der Waals surface area (Å²) in [6, 6.07) is 5.09. The average Bonchev–Trinajstić information content (AvgIpc) is 2.58. The summed E-state index contributed by atoms with van der Waals surface area (Å²) in [6.07, 6.45) is 1.45. The normalized spacial score (nSPS) is 14.2. The first-order valence-corrected chi connectivity index (χ1v) is 8.72. The van der Waals surface area contributed by atoms with Gasteiger partial charge in [-0.1, -0.05) is 17.7 Å². The van der Waals surface area contributed by atoms with Crippen LogP contribution in [0.1, 0.15) is 34.6 Å². The molecule has 8 heteroatoms. The molecule has 3 rings (SSSR count). The van der Waals surface area contributed by atoms with Gasteiger partial charge in [-0.3, -0.25) is 14.6 Å². The van der Waals surface area contributed by atoms with Crippen molar-refractivity contribution in [3.05, 3.63) is 50.7 Å². The molecular formula is C17H15BrClN3O3. The van der Waals surface area contributed by atoms with Crippen molar-refractivity contribution in [2.45, 2.75) is 19.9 Å². The molecule has 1 aromatic heterocycles. The summed E-state index contributed by atoms with van der Waals surface area (Å²) in [6.45, 7) is 3.64. The molecule has 0 saturated heterocycles. The molecule has 0 saturated carbocycles. The van der Waals surface area contributed by atoms with E-state index in [1.165, 1.54) is 6.20 Å². The lowest BCUT2D eigenvalue weighted by Gasteiger charge is -2.21. The Morgan fingerprint density at radius 3 is 3.00 bits per heavy atom. The summed E-state index contributed by atoms with van der Waals surface area (Å²) < 4.78 is 5.93. The van der Waals surface area contributed by atoms with Crippen LogP contribution in [0.2, 0.25) is 5.02 Å². The lowest BCUT2D eigenvalue weighted by molar-refractivity contribution is -0.118. The highest BCUT2D eigenvalue weighted by Crippen LogP contribution is 2.31. The zero-order valence-electron chi connectivity index (χ0n) is 13.5. The number of nitrogens with zero attached hydrogens (tertiary/aromatic N) is 1. The first-order chi connectivity index (χ1) is 11.9. The smallest absolute Gasteiger partial charge is 0.262 e. The Labute approximate surface area is 158 Å². The lowest BCUT2D eigenvalue weighted by atomic mass is 10.1. The first-order valence-electron chi connectivity index (χ1n) is 7.55. The van der Waals surface area contributed by atoms with Crippen molar-refractivity contribution >= 4 is 45.0 Å². The maximum absolute atomic E-state index is 12.5. The highest BCUT2D eigenvalue weighted by molar-refractivity contribution is 9.10. The molecule has 25 heavy (non-hydrogen) atoms. The van der Waals surface area contributed by atoms with Gasteiger partial charge in [-0.25, -0.2) is 0 Å². The Kier molecular flexibility index (Phi) is 4.96. The fourth-order valence-electron chi connectivity index (χ4n) is 2.44. The Balaban J connectivity index is 1.79. The van der Waals surface area contributed by atoms with Gasteiger partial charge < -0.3 is 15.4 Å². The Bertz CT molecular complexity index is 872. The van der Waals surface area contributed by atoms with E-state index in [-0.39, 0.29) is 24.5 Å². The molecule has 0 spiro atoms. The van der Waals surface area contributed by atoms with E-state index in [9.17, 15) is 9.59 Å². The zero-order valence-corrected chi connectivity index (χ0v) is 15.9. The van der Waals surface area contributed by atoms with Crippen molar-refractivity contribution in [3.8, 4) is 5.75 Å². The van der Waals surface area contributed by atoms with E-state index in [1.807, 2.05) is 13.0 Å². The first kappa shape index (κ1) is 17.7. The molecule has 130 valence electrons. The lowest BCUT2D eigenvalue weighted by Crippen LogP contribution is -2.28. The van der Waals surface area contributed by atoms with Gasteiger partial charge in [-0.05, 0) is 47.5 Å². The largest absolute Gasteiger partial charge is 0.482 e. The van der Waals surface area contributed by atoms with E-state index < -0.39 is 0 Å². The van der Waals surface area contributed by atoms with Gasteiger partial charge in [0.2, 0.25) is 0 Å². The van der Waals surface area contributed by atoms with Crippen LogP contribution in [-0.2, 0) is 4.79 Å². The van der Waals surface area contributed by atoms with Gasteiger partial charge in [0.05, 0.1) is 32.5 Å². The van der Waals surface area contributed by atoms with Crippen LogP contribution < -0.4 is 15.4 Å². The van der Waals surface area contributed by atoms with Gasteiger partial charge in [0.25, 0.3) is 11.8 Å². The highest BCUT2D eigenvalue weighted by Gasteiger charge is 2.20. The monoisotopic (exact) mass is 423 g/mol. The minimum atomic E-state index is -0.330. The van der Waals surface area contributed by atoms with Crippen molar-refractivity contribution in [2.75, 3.05) is 11.9 Å². The van der Waals surface area contributed by atoms with Crippen LogP contribution in [0.5, 0.6) is 5.75 Å². The summed E-state index contributed by atoms with van der Waals surface area (Å²) in [7, 11) is 0. The molecule has 2 N–H and O–H groups in total. The summed E-state index contributed by atoms with van der Waals surface area (Å²) in [5.41, 5.74) is 2.42. The Morgan fingerprint density at radius 2 is 2.24 bits per heavy atom. The number of carbonyl (C=O) groups is 2. The number of halogens is 2. The third-order valence-electron chi connectivity index (χ3n) is 3.86. The van der Waals surface area contributed by atoms with E-state index >= 15 is 0 Å². The molecule has 0 aliphatic carbocycles. The highest BCUT2D eigenvalue weighted by atomic mass is 79.9. The number of anilines is 1. The van der Waals surface area contributed by atoms with Crippen LogP contribution in [0.25, 0.3) is 0 Å². The SMILES string of the molecule is Cc1ncc(C(=O)N[C@H](C)c2ccc3c(c2)NC(=O)CO3)c(Cl)c1Br. The van der Waals surface area contributed by atoms with Crippen molar-refractivity contribution < 1.29 is 14.3 Å². The third kappa shape index (κ3) is 3.62. The molecule has 0 unspecified atom stereocenters. The maximum Gasteiger partial charge on any atom is 0.262 e. The maximum atomic E-state index is 12.5. The van der Waals surface area contributed by atoms with E-state index in [2.05, 4.69) is 31.5 Å². The number of ether oxygens (including phenoxy) is 1. The molecule has 1 aliphatic rings. The Hall–Kier alpha value is -2.12. The number of hydrogen-bond acceptors (Lipinski definition) is 4. The quantitative estimate of drug-likeness (QED) is 0.788. The molecule has 1 aromatic carbocycles. The number of pyridine rings is 1. The van der Waals surface area contributed by atoms with E-state index in [4.69, 9.17) is 16.3 Å². The van der Waals surface area contributed by atoms with Crippen LogP contribution in [0.15, 0.2) is 28.9 Å². The van der Waals surface area contributed by atoms with E-state index in [1.54, 1.807) is 19.1 Å². The molecule has 2 aromatic rings. The number of rotatable bonds is 3. The van der Waals surface area contributed by atoms with E-state index in [0.29, 0.717) is 32.2 Å². The zero-order chi connectivity index (χ0) is 18.1. The van der Waals surface area contributed by atoms with Crippen LogP contribution in [-0.4, -0.2) is 23.4 Å². The number of aromatic nitrogens is 1. The van der Waals surface area contributed by atoms with Crippen molar-refractivity contribution in [3.63, 3.8) is 0 Å². The van der Waals surface area contributed by atoms with Crippen LogP contribution >= 0.6 is 27.5 Å². The predicted octanol–water partition coefficient (Wildman–Crippen LogP) is 3.63.